The van der Waals surface area contributed by atoms with Crippen LogP contribution in [-0.4, -0.2) is 61.5 Å². The molecule has 11 rings (SSSR count). The number of hydrogen-bond acceptors (Lipinski definition) is 5. The largest absolute Gasteiger partial charge is 1.00 e. The lowest BCUT2D eigenvalue weighted by Crippen LogP contribution is -3.00. The molecule has 0 aliphatic carbocycles. The van der Waals surface area contributed by atoms with Crippen molar-refractivity contribution in [1.82, 2.24) is 35.9 Å². The Bertz CT molecular complexity index is 3510. The summed E-state index contributed by atoms with van der Waals surface area (Å²) in [6.45, 7) is 1.76. The van der Waals surface area contributed by atoms with Crippen LogP contribution in [0.15, 0.2) is 122 Å². The summed E-state index contributed by atoms with van der Waals surface area (Å²) in [5.74, 6) is 1.16. The lowest BCUT2D eigenvalue weighted by molar-refractivity contribution is -0.697. The number of urea groups is 1. The molecule has 0 unspecified atom stereocenters. The van der Waals surface area contributed by atoms with E-state index in [0.29, 0.717) is 11.7 Å². The summed E-state index contributed by atoms with van der Waals surface area (Å²) in [5.41, 5.74) is 15.9. The van der Waals surface area contributed by atoms with E-state index in [1.165, 1.54) is 51.4 Å². The normalized spacial score (nSPS) is 15.5. The molecule has 4 aliphatic heterocycles. The number of pyridine rings is 4. The van der Waals surface area contributed by atoms with Gasteiger partial charge in [0.05, 0.1) is 34.9 Å². The van der Waals surface area contributed by atoms with Gasteiger partial charge < -0.3 is 93.8 Å². The number of nitrogens with zero attached hydrogens (tertiary/aromatic N) is 6. The molecule has 13 nitrogen and oxygen atoms in total. The zero-order valence-corrected chi connectivity index (χ0v) is 54.7. The molecule has 2 saturated heterocycles. The van der Waals surface area contributed by atoms with E-state index >= 15 is 0 Å². The van der Waals surface area contributed by atoms with Crippen molar-refractivity contribution in [2.24, 2.45) is 21.1 Å². The number of carbonyl (C=O) groups is 2. The van der Waals surface area contributed by atoms with Crippen molar-refractivity contribution in [1.29, 1.82) is 0 Å². The van der Waals surface area contributed by atoms with Crippen molar-refractivity contribution in [2.45, 2.75) is 114 Å². The third-order valence-electron chi connectivity index (χ3n) is 16.0. The molecule has 3 atom stereocenters. The van der Waals surface area contributed by atoms with Gasteiger partial charge in [0.1, 0.15) is 27.7 Å². The number of H-pyrrole nitrogens is 2. The van der Waals surface area contributed by atoms with E-state index in [4.69, 9.17) is 9.97 Å². The molecular weight excluding hydrogens is 1320 g/mol. The Hall–Kier alpha value is -5.79. The first-order chi connectivity index (χ1) is 38.7. The number of thioether (sulfide) groups is 1. The Balaban J connectivity index is 0.00000248. The fraction of sp³-hybridized carbons (Fsp3) is 0.354. The monoisotopic (exact) mass is 1390 g/mol. The van der Waals surface area contributed by atoms with E-state index < -0.39 is 0 Å². The Kier molecular flexibility index (Phi) is 24.1. The topological polar surface area (TPSA) is 143 Å². The molecule has 0 saturated carbocycles. The molecule has 7 aromatic rings. The van der Waals surface area contributed by atoms with Crippen molar-refractivity contribution in [3.8, 4) is 44.5 Å². The number of rotatable bonds is 22. The van der Waals surface area contributed by atoms with Gasteiger partial charge in [0.15, 0.2) is 49.6 Å². The van der Waals surface area contributed by atoms with Gasteiger partial charge in [-0.05, 0) is 96.5 Å². The molecule has 18 heteroatoms. The van der Waals surface area contributed by atoms with Gasteiger partial charge in [0.25, 0.3) is 0 Å². The predicted octanol–water partition coefficient (Wildman–Crippen LogP) is -1.16. The van der Waals surface area contributed by atoms with Gasteiger partial charge in [0.2, 0.25) is 5.91 Å². The molecule has 3 amide bonds. The summed E-state index contributed by atoms with van der Waals surface area (Å²) in [7, 11) is 6.13. The van der Waals surface area contributed by atoms with Crippen LogP contribution in [0.5, 0.6) is 0 Å². The van der Waals surface area contributed by atoms with Crippen LogP contribution < -0.4 is 102 Å². The van der Waals surface area contributed by atoms with Crippen molar-refractivity contribution in [3.05, 3.63) is 145 Å². The van der Waals surface area contributed by atoms with Crippen molar-refractivity contribution >= 4 is 70.1 Å². The summed E-state index contributed by atoms with van der Waals surface area (Å²) < 4.78 is 8.50. The minimum Gasteiger partial charge on any atom is -1.00 e. The van der Waals surface area contributed by atoms with Crippen molar-refractivity contribution in [3.63, 3.8) is 0 Å². The Labute approximate surface area is 534 Å². The standard InChI is InChI=1S/C65H72N11O2S.4BrH/c1-73-36-26-45(27-37-73)60-49-18-20-51(67-49)61(46-28-38-74(2)39-29-46)53-22-24-55(69-53)63(56-25-23-54(70-56)62(52-21-19-50(60)68-52)47-30-40-75(3)41-31-47)48-32-42-76(43-33-48)35-15-11-9-7-5-4-6-8-10-14-34-66-59(77)17-13-12-16-58-64-57(44-79-58)71-65(78)72-64;;;;/h18-33,36-43,57-58,64H,4-17,34-35,44H2,1-3H3,(H2-2,66,67,68,69,70,71,72,77,78);4*1H/q+1;;;;/p-1/t57-,58-,64-;;;;/m0..../s1. The Morgan fingerprint density at radius 3 is 1.31 bits per heavy atom. The molecule has 436 valence electrons. The molecule has 5 N–H and O–H groups in total. The van der Waals surface area contributed by atoms with Crippen molar-refractivity contribution < 1.29 is 95.8 Å². The van der Waals surface area contributed by atoms with Crippen LogP contribution in [0.25, 0.3) is 90.9 Å². The molecule has 2 fully saturated rings. The van der Waals surface area contributed by atoms with Gasteiger partial charge in [0, 0.05) is 123 Å². The maximum absolute atomic E-state index is 12.4. The molecular formula is C65H75Br4N11O2S. The molecule has 0 radical (unpaired) electrons. The van der Waals surface area contributed by atoms with Gasteiger partial charge in [-0.25, -0.2) is 33.0 Å². The molecule has 0 spiro atoms. The molecule has 83 heavy (non-hydrogen) atoms. The van der Waals surface area contributed by atoms with Gasteiger partial charge >= 0.3 is 6.03 Å². The highest BCUT2D eigenvalue weighted by molar-refractivity contribution is 8.00. The number of aryl methyl sites for hydroxylation is 4. The second-order valence-electron chi connectivity index (χ2n) is 21.8. The van der Waals surface area contributed by atoms with E-state index in [9.17, 15) is 9.59 Å². The maximum Gasteiger partial charge on any atom is 0.315 e. The number of carbonyl (C=O) groups excluding carboxylic acids is 2. The van der Waals surface area contributed by atoms with Crippen LogP contribution in [-0.2, 0) is 32.5 Å². The maximum atomic E-state index is 12.4. The molecule has 0 aromatic carbocycles. The van der Waals surface area contributed by atoms with E-state index in [-0.39, 0.29) is 91.9 Å². The Morgan fingerprint density at radius 1 is 0.506 bits per heavy atom. The van der Waals surface area contributed by atoms with Gasteiger partial charge in [-0.1, -0.05) is 51.4 Å². The fourth-order valence-corrected chi connectivity index (χ4v) is 13.2. The van der Waals surface area contributed by atoms with Crippen LogP contribution in [0.4, 0.5) is 4.79 Å². The van der Waals surface area contributed by atoms with Crippen LogP contribution in [0.3, 0.4) is 0 Å². The van der Waals surface area contributed by atoms with Crippen LogP contribution in [0.1, 0.15) is 113 Å². The number of fused-ring (bicyclic) bond motifs is 9. The van der Waals surface area contributed by atoms with Crippen LogP contribution in [0.2, 0.25) is 0 Å². The van der Waals surface area contributed by atoms with Gasteiger partial charge in [-0.3, -0.25) is 4.79 Å². The predicted molar refractivity (Wildman–Crippen MR) is 317 cm³/mol. The lowest BCUT2D eigenvalue weighted by Gasteiger charge is -2.16. The zero-order chi connectivity index (χ0) is 54.1. The number of nitrogens with one attached hydrogen (secondary N) is 5. The first kappa shape index (κ1) is 64.8. The van der Waals surface area contributed by atoms with E-state index in [1.807, 2.05) is 32.9 Å². The number of aromatic nitrogens is 8. The van der Waals surface area contributed by atoms with Crippen molar-refractivity contribution in [2.75, 3.05) is 12.3 Å². The molecule has 8 bridgehead atoms. The number of hydrogen-bond donors (Lipinski definition) is 5. The van der Waals surface area contributed by atoms with Gasteiger partial charge in [-0.15, -0.1) is 0 Å². The number of halogens is 4. The molecule has 11 heterocycles. The summed E-state index contributed by atoms with van der Waals surface area (Å²) in [6, 6.07) is 26.7. The second kappa shape index (κ2) is 30.8. The highest BCUT2D eigenvalue weighted by Gasteiger charge is 2.42. The van der Waals surface area contributed by atoms with Crippen LogP contribution in [0, 0.1) is 0 Å². The summed E-state index contributed by atoms with van der Waals surface area (Å²) >= 11 is 1.94. The lowest BCUT2D eigenvalue weighted by atomic mass is 10.0. The third-order valence-corrected chi connectivity index (χ3v) is 17.5. The highest BCUT2D eigenvalue weighted by Crippen LogP contribution is 2.38. The van der Waals surface area contributed by atoms with E-state index in [2.05, 4.69) is 191 Å². The average Bonchev–Trinajstić information content (AvgIpc) is 3.42. The highest BCUT2D eigenvalue weighted by atomic mass is 79.9. The minimum absolute atomic E-state index is 0. The Morgan fingerprint density at radius 2 is 0.892 bits per heavy atom. The van der Waals surface area contributed by atoms with E-state index in [1.54, 1.807) is 0 Å². The first-order valence-electron chi connectivity index (χ1n) is 28.7. The number of aromatic amines is 2. The third kappa shape index (κ3) is 16.0. The second-order valence-corrected chi connectivity index (χ2v) is 23.1. The number of unbranched alkanes of at least 4 members (excludes halogenated alkanes) is 10. The number of amides is 3. The molecule has 4 aliphatic rings. The summed E-state index contributed by atoms with van der Waals surface area (Å²) in [4.78, 5) is 42.8. The quantitative estimate of drug-likeness (QED) is 0.0331. The van der Waals surface area contributed by atoms with Crippen LogP contribution >= 0.6 is 11.8 Å². The average molecular weight is 1390 g/mol. The smallest absolute Gasteiger partial charge is 0.315 e. The minimum atomic E-state index is -0.0355. The SMILES string of the molecule is C[n+]1ccc(-c2c3nc(c(-c4cc[n+](C)cc4)c4ccc([nH]4)c(-c4cc[n+](CCCCCCCCCCCCNC(=O)CCCC[C@@H]5SC[C@@H]6NC(=O)N[C@@H]65)cc4)c4nc(c(-c5cc[n+](C)cc5)c5ccc2[nH]5)C=C4)C=C3)cc1.[Br-].[Br-].[Br-].[Br-]. The molecule has 7 aromatic heterocycles. The summed E-state index contributed by atoms with van der Waals surface area (Å²) in [6.07, 6.45) is 41.4. The van der Waals surface area contributed by atoms with E-state index in [0.717, 1.165) is 140 Å². The fourth-order valence-electron chi connectivity index (χ4n) is 11.6. The summed E-state index contributed by atoms with van der Waals surface area (Å²) in [5, 5.41) is 9.65. The first-order valence-corrected chi connectivity index (χ1v) is 29.7. The van der Waals surface area contributed by atoms with Gasteiger partial charge in [-0.2, -0.15) is 11.8 Å². The zero-order valence-electron chi connectivity index (χ0n) is 47.5.